The van der Waals surface area contributed by atoms with Crippen LogP contribution in [0.5, 0.6) is 11.5 Å². The zero-order valence-electron chi connectivity index (χ0n) is 19.7. The van der Waals surface area contributed by atoms with Gasteiger partial charge in [-0.15, -0.1) is 0 Å². The number of benzene rings is 2. The molecule has 172 valence electrons. The first-order valence-corrected chi connectivity index (χ1v) is 12.5. The lowest BCUT2D eigenvalue weighted by molar-refractivity contribution is -0.120. The number of rotatable bonds is 10. The largest absolute Gasteiger partial charge is 0.496 e. The van der Waals surface area contributed by atoms with Crippen LogP contribution < -0.4 is 9.47 Å². The molecule has 2 aromatic rings. The zero-order chi connectivity index (χ0) is 22.3. The van der Waals surface area contributed by atoms with Crippen LogP contribution >= 0.6 is 0 Å². The Labute approximate surface area is 193 Å². The van der Waals surface area contributed by atoms with E-state index in [1.807, 2.05) is 24.3 Å². The number of carbonyl (C=O) groups excluding carboxylic acids is 1. The third kappa shape index (κ3) is 5.19. The molecule has 0 N–H and O–H groups in total. The van der Waals surface area contributed by atoms with Gasteiger partial charge in [0.25, 0.3) is 0 Å². The molecule has 2 aromatic carbocycles. The van der Waals surface area contributed by atoms with Crippen LogP contribution in [0.15, 0.2) is 48.5 Å². The number of para-hydroxylation sites is 2. The molecule has 2 aliphatic carbocycles. The van der Waals surface area contributed by atoms with E-state index in [2.05, 4.69) is 24.3 Å². The highest BCUT2D eigenvalue weighted by atomic mass is 16.5. The van der Waals surface area contributed by atoms with Crippen LogP contribution in [0.25, 0.3) is 0 Å². The minimum atomic E-state index is 0.253. The normalized spacial score (nSPS) is 19.1. The predicted octanol–water partition coefficient (Wildman–Crippen LogP) is 7.30. The third-order valence-electron chi connectivity index (χ3n) is 7.91. The maximum absolute atomic E-state index is 13.6. The average molecular weight is 435 g/mol. The molecular formula is C29H38O3. The molecule has 0 aromatic heterocycles. The molecule has 0 aliphatic heterocycles. The van der Waals surface area contributed by atoms with Crippen molar-refractivity contribution < 1.29 is 14.3 Å². The summed E-state index contributed by atoms with van der Waals surface area (Å²) in [5.74, 6) is 3.89. The van der Waals surface area contributed by atoms with E-state index in [1.165, 1.54) is 62.5 Å². The van der Waals surface area contributed by atoms with E-state index < -0.39 is 0 Å². The smallest absolute Gasteiger partial charge is 0.134 e. The average Bonchev–Trinajstić information content (AvgIpc) is 3.56. The molecule has 2 fully saturated rings. The first-order valence-electron chi connectivity index (χ1n) is 12.5. The monoisotopic (exact) mass is 434 g/mol. The van der Waals surface area contributed by atoms with Gasteiger partial charge in [0, 0.05) is 12.8 Å². The van der Waals surface area contributed by atoms with Gasteiger partial charge in [-0.2, -0.15) is 0 Å². The zero-order valence-corrected chi connectivity index (χ0v) is 19.7. The van der Waals surface area contributed by atoms with Crippen molar-refractivity contribution in [2.75, 3.05) is 14.2 Å². The van der Waals surface area contributed by atoms with E-state index in [1.54, 1.807) is 14.2 Å². The van der Waals surface area contributed by atoms with E-state index in [-0.39, 0.29) is 11.8 Å². The fraction of sp³-hybridized carbons (Fsp3) is 0.552. The van der Waals surface area contributed by atoms with Crippen LogP contribution in [0.2, 0.25) is 0 Å². The second kappa shape index (κ2) is 11.0. The molecule has 3 nitrogen and oxygen atoms in total. The number of carbonyl (C=O) groups is 1. The second-order valence-corrected chi connectivity index (χ2v) is 9.73. The molecule has 2 unspecified atom stereocenters. The van der Waals surface area contributed by atoms with Gasteiger partial charge in [0.05, 0.1) is 14.2 Å². The Hall–Kier alpha value is -2.29. The summed E-state index contributed by atoms with van der Waals surface area (Å²) < 4.78 is 11.4. The number of hydrogen-bond acceptors (Lipinski definition) is 3. The Morgan fingerprint density at radius 1 is 0.719 bits per heavy atom. The van der Waals surface area contributed by atoms with Crippen LogP contribution in [0.1, 0.15) is 87.2 Å². The van der Waals surface area contributed by atoms with Gasteiger partial charge in [0.2, 0.25) is 0 Å². The molecule has 32 heavy (non-hydrogen) atoms. The molecule has 2 aliphatic rings. The number of hydrogen-bond donors (Lipinski definition) is 0. The van der Waals surface area contributed by atoms with E-state index in [9.17, 15) is 4.79 Å². The van der Waals surface area contributed by atoms with Crippen molar-refractivity contribution in [3.8, 4) is 11.5 Å². The standard InChI is InChI=1S/C29H38O3/c1-31-28-17-9-7-15-24(28)26(21-11-3-4-12-21)19-23(30)20-27(22-13-5-6-14-22)25-16-8-10-18-29(25)32-2/h7-10,15-18,21-22,26-27H,3-6,11-14,19-20H2,1-2H3. The van der Waals surface area contributed by atoms with Crippen molar-refractivity contribution in [2.24, 2.45) is 11.8 Å². The Kier molecular flexibility index (Phi) is 7.89. The summed E-state index contributed by atoms with van der Waals surface area (Å²) in [5, 5.41) is 0. The Bertz CT molecular complexity index is 806. The summed E-state index contributed by atoms with van der Waals surface area (Å²) in [7, 11) is 3.48. The Balaban J connectivity index is 1.57. The van der Waals surface area contributed by atoms with Crippen LogP contribution in [0.3, 0.4) is 0 Å². The number of Topliss-reactive ketones (excluding diaryl/α,β-unsaturated/α-hetero) is 1. The van der Waals surface area contributed by atoms with Crippen molar-refractivity contribution in [1.29, 1.82) is 0 Å². The maximum atomic E-state index is 13.6. The highest BCUT2D eigenvalue weighted by Gasteiger charge is 2.34. The maximum Gasteiger partial charge on any atom is 0.134 e. The van der Waals surface area contributed by atoms with Gasteiger partial charge < -0.3 is 9.47 Å². The van der Waals surface area contributed by atoms with Gasteiger partial charge in [0.1, 0.15) is 17.3 Å². The lowest BCUT2D eigenvalue weighted by Crippen LogP contribution is -2.20. The van der Waals surface area contributed by atoms with Gasteiger partial charge in [0.15, 0.2) is 0 Å². The lowest BCUT2D eigenvalue weighted by atomic mass is 9.76. The van der Waals surface area contributed by atoms with Crippen molar-refractivity contribution in [2.45, 2.75) is 76.0 Å². The molecule has 0 bridgehead atoms. The fourth-order valence-corrected chi connectivity index (χ4v) is 6.30. The van der Waals surface area contributed by atoms with Crippen molar-refractivity contribution in [1.82, 2.24) is 0 Å². The molecular weight excluding hydrogens is 396 g/mol. The van der Waals surface area contributed by atoms with Gasteiger partial charge in [-0.25, -0.2) is 0 Å². The Morgan fingerprint density at radius 3 is 1.47 bits per heavy atom. The summed E-state index contributed by atoms with van der Waals surface area (Å²) in [4.78, 5) is 13.6. The minimum Gasteiger partial charge on any atom is -0.496 e. The van der Waals surface area contributed by atoms with Crippen LogP contribution in [-0.2, 0) is 4.79 Å². The first kappa shape index (κ1) is 22.9. The summed E-state index contributed by atoms with van der Waals surface area (Å²) >= 11 is 0. The van der Waals surface area contributed by atoms with Crippen LogP contribution in [-0.4, -0.2) is 20.0 Å². The van der Waals surface area contributed by atoms with Gasteiger partial charge in [-0.1, -0.05) is 62.1 Å². The van der Waals surface area contributed by atoms with Crippen molar-refractivity contribution in [3.05, 3.63) is 59.7 Å². The number of ether oxygens (including phenoxy) is 2. The molecule has 4 rings (SSSR count). The van der Waals surface area contributed by atoms with Crippen molar-refractivity contribution in [3.63, 3.8) is 0 Å². The van der Waals surface area contributed by atoms with Crippen LogP contribution in [0, 0.1) is 11.8 Å². The SMILES string of the molecule is COc1ccccc1C(CC(=O)CC(c1ccccc1OC)C1CCCC1)C1CCCC1. The molecule has 3 heteroatoms. The summed E-state index contributed by atoms with van der Waals surface area (Å²) in [6.45, 7) is 0. The van der Waals surface area contributed by atoms with E-state index in [0.717, 1.165) is 11.5 Å². The molecule has 2 atom stereocenters. The third-order valence-corrected chi connectivity index (χ3v) is 7.91. The van der Waals surface area contributed by atoms with E-state index >= 15 is 0 Å². The van der Waals surface area contributed by atoms with E-state index in [4.69, 9.17) is 9.47 Å². The first-order chi connectivity index (χ1) is 15.7. The van der Waals surface area contributed by atoms with Gasteiger partial charge >= 0.3 is 0 Å². The minimum absolute atomic E-state index is 0.253. The topological polar surface area (TPSA) is 35.5 Å². The highest BCUT2D eigenvalue weighted by Crippen LogP contribution is 2.45. The number of ketones is 1. The fourth-order valence-electron chi connectivity index (χ4n) is 6.30. The second-order valence-electron chi connectivity index (χ2n) is 9.73. The lowest BCUT2D eigenvalue weighted by Gasteiger charge is -2.28. The summed E-state index contributed by atoms with van der Waals surface area (Å²) in [6, 6.07) is 16.6. The predicted molar refractivity (Wildman–Crippen MR) is 130 cm³/mol. The van der Waals surface area contributed by atoms with Gasteiger partial charge in [-0.05, 0) is 72.6 Å². The molecule has 2 saturated carbocycles. The Morgan fingerprint density at radius 2 is 1.09 bits per heavy atom. The molecule has 0 spiro atoms. The summed E-state index contributed by atoms with van der Waals surface area (Å²) in [5.41, 5.74) is 2.43. The number of methoxy groups -OCH3 is 2. The van der Waals surface area contributed by atoms with Gasteiger partial charge in [-0.3, -0.25) is 4.79 Å². The molecule has 0 heterocycles. The molecule has 0 amide bonds. The highest BCUT2D eigenvalue weighted by molar-refractivity contribution is 5.80. The van der Waals surface area contributed by atoms with Crippen LogP contribution in [0.4, 0.5) is 0 Å². The molecule has 0 saturated heterocycles. The van der Waals surface area contributed by atoms with Crippen molar-refractivity contribution >= 4 is 5.78 Å². The summed E-state index contributed by atoms with van der Waals surface area (Å²) in [6.07, 6.45) is 11.2. The molecule has 0 radical (unpaired) electrons. The van der Waals surface area contributed by atoms with E-state index in [0.29, 0.717) is 30.5 Å². The quantitative estimate of drug-likeness (QED) is 0.393.